The van der Waals surface area contributed by atoms with Crippen molar-refractivity contribution in [2.75, 3.05) is 31.6 Å². The highest BCUT2D eigenvalue weighted by Crippen LogP contribution is 2.14. The predicted molar refractivity (Wildman–Crippen MR) is 112 cm³/mol. The maximum atomic E-state index is 13.1. The van der Waals surface area contributed by atoms with Crippen LogP contribution in [0.4, 0.5) is 5.69 Å². The number of carbonyl (C=O) groups excluding carboxylic acids is 2. The quantitative estimate of drug-likeness (QED) is 0.771. The van der Waals surface area contributed by atoms with Crippen molar-refractivity contribution in [1.29, 1.82) is 0 Å². The molecular formula is C21H26ClN3O3. The monoisotopic (exact) mass is 403 g/mol. The minimum atomic E-state index is -0.671. The van der Waals surface area contributed by atoms with Crippen LogP contribution in [0, 0.1) is 0 Å². The third kappa shape index (κ3) is 5.79. The number of hydrogen-bond acceptors (Lipinski definition) is 4. The average molecular weight is 404 g/mol. The van der Waals surface area contributed by atoms with Gasteiger partial charge in [-0.05, 0) is 17.7 Å². The molecule has 1 unspecified atom stereocenters. The summed E-state index contributed by atoms with van der Waals surface area (Å²) in [6.07, 6.45) is -0.158. The zero-order valence-electron chi connectivity index (χ0n) is 15.8. The van der Waals surface area contributed by atoms with E-state index in [1.807, 2.05) is 60.7 Å². The molecule has 0 spiro atoms. The molecule has 2 N–H and O–H groups in total. The summed E-state index contributed by atoms with van der Waals surface area (Å²) in [6, 6.07) is 18.4. The zero-order valence-corrected chi connectivity index (χ0v) is 16.7. The lowest BCUT2D eigenvalue weighted by Crippen LogP contribution is -2.55. The highest BCUT2D eigenvalue weighted by molar-refractivity contribution is 5.99. The molecule has 0 bridgehead atoms. The molecule has 2 amide bonds. The van der Waals surface area contributed by atoms with Crippen LogP contribution >= 0.6 is 12.4 Å². The van der Waals surface area contributed by atoms with Crippen LogP contribution in [-0.2, 0) is 20.7 Å². The van der Waals surface area contributed by atoms with Crippen molar-refractivity contribution in [3.63, 3.8) is 0 Å². The summed E-state index contributed by atoms with van der Waals surface area (Å²) in [6.45, 7) is 1.67. The highest BCUT2D eigenvalue weighted by Gasteiger charge is 2.29. The van der Waals surface area contributed by atoms with E-state index in [4.69, 9.17) is 4.74 Å². The summed E-state index contributed by atoms with van der Waals surface area (Å²) in [5.41, 5.74) is 1.77. The van der Waals surface area contributed by atoms with Gasteiger partial charge < -0.3 is 20.3 Å². The van der Waals surface area contributed by atoms with Gasteiger partial charge in [-0.3, -0.25) is 9.59 Å². The van der Waals surface area contributed by atoms with Gasteiger partial charge in [0.05, 0.1) is 6.61 Å². The average Bonchev–Trinajstić information content (AvgIpc) is 2.74. The molecule has 1 fully saturated rings. The van der Waals surface area contributed by atoms with Crippen LogP contribution in [0.5, 0.6) is 0 Å². The maximum absolute atomic E-state index is 13.1. The van der Waals surface area contributed by atoms with E-state index in [1.54, 1.807) is 11.9 Å². The number of morpholine rings is 1. The Hall–Kier alpha value is -2.41. The van der Waals surface area contributed by atoms with Crippen LogP contribution in [0.15, 0.2) is 60.7 Å². The molecule has 7 heteroatoms. The second-order valence-electron chi connectivity index (χ2n) is 6.55. The minimum Gasteiger partial charge on any atom is -0.366 e. The highest BCUT2D eigenvalue weighted by atomic mass is 35.5. The van der Waals surface area contributed by atoms with E-state index in [2.05, 4.69) is 10.6 Å². The van der Waals surface area contributed by atoms with Crippen molar-refractivity contribution < 1.29 is 14.3 Å². The molecule has 3 rings (SSSR count). The fraction of sp³-hybridized carbons (Fsp3) is 0.333. The molecule has 150 valence electrons. The number of likely N-dealkylation sites (N-methyl/N-ethyl adjacent to an activating group) is 1. The molecule has 1 aliphatic rings. The SMILES string of the molecule is CN(C(=O)[C@H](Cc1ccccc1)NC(=O)C1CNCCO1)c1ccccc1.Cl. The van der Waals surface area contributed by atoms with Gasteiger partial charge in [0.25, 0.3) is 5.91 Å². The molecule has 1 aliphatic heterocycles. The summed E-state index contributed by atoms with van der Waals surface area (Å²) in [5.74, 6) is -0.430. The molecule has 2 aromatic rings. The predicted octanol–water partition coefficient (Wildman–Crippen LogP) is 1.79. The normalized spacial score (nSPS) is 17.1. The Balaban J connectivity index is 0.00000280. The van der Waals surface area contributed by atoms with E-state index in [0.717, 1.165) is 17.8 Å². The van der Waals surface area contributed by atoms with Crippen molar-refractivity contribution in [3.05, 3.63) is 66.2 Å². The van der Waals surface area contributed by atoms with Crippen molar-refractivity contribution in [3.8, 4) is 0 Å². The molecule has 28 heavy (non-hydrogen) atoms. The van der Waals surface area contributed by atoms with Crippen molar-refractivity contribution in [2.24, 2.45) is 0 Å². The van der Waals surface area contributed by atoms with E-state index in [0.29, 0.717) is 19.6 Å². The fourth-order valence-electron chi connectivity index (χ4n) is 3.06. The van der Waals surface area contributed by atoms with Gasteiger partial charge in [0.2, 0.25) is 5.91 Å². The lowest BCUT2D eigenvalue weighted by atomic mass is 10.0. The largest absolute Gasteiger partial charge is 0.366 e. The van der Waals surface area contributed by atoms with Crippen molar-refractivity contribution >= 4 is 29.9 Å². The first-order chi connectivity index (χ1) is 13.1. The van der Waals surface area contributed by atoms with Gasteiger partial charge in [0, 0.05) is 32.2 Å². The lowest BCUT2D eigenvalue weighted by Gasteiger charge is -2.28. The molecule has 2 atom stereocenters. The second kappa shape index (κ2) is 10.8. The van der Waals surface area contributed by atoms with Crippen LogP contribution in [0.25, 0.3) is 0 Å². The Labute approximate surface area is 171 Å². The lowest BCUT2D eigenvalue weighted by molar-refractivity contribution is -0.137. The van der Waals surface area contributed by atoms with Gasteiger partial charge in [-0.1, -0.05) is 48.5 Å². The summed E-state index contributed by atoms with van der Waals surface area (Å²) in [5, 5.41) is 6.03. The molecule has 1 saturated heterocycles. The van der Waals surface area contributed by atoms with Crippen LogP contribution in [-0.4, -0.2) is 50.7 Å². The Kier molecular flexibility index (Phi) is 8.44. The minimum absolute atomic E-state index is 0. The summed E-state index contributed by atoms with van der Waals surface area (Å²) < 4.78 is 5.52. The molecule has 0 aromatic heterocycles. The Morgan fingerprint density at radius 3 is 2.39 bits per heavy atom. The Bertz CT molecular complexity index is 752. The number of amides is 2. The fourth-order valence-corrected chi connectivity index (χ4v) is 3.06. The Morgan fingerprint density at radius 2 is 1.79 bits per heavy atom. The van der Waals surface area contributed by atoms with Gasteiger partial charge in [-0.2, -0.15) is 0 Å². The molecule has 0 saturated carbocycles. The molecule has 0 aliphatic carbocycles. The molecule has 0 radical (unpaired) electrons. The molecule has 2 aromatic carbocycles. The van der Waals surface area contributed by atoms with Crippen molar-refractivity contribution in [1.82, 2.24) is 10.6 Å². The first-order valence-electron chi connectivity index (χ1n) is 9.14. The first kappa shape index (κ1) is 21.9. The first-order valence-corrected chi connectivity index (χ1v) is 9.14. The summed E-state index contributed by atoms with van der Waals surface area (Å²) >= 11 is 0. The van der Waals surface area contributed by atoms with Gasteiger partial charge in [-0.15, -0.1) is 12.4 Å². The standard InChI is InChI=1S/C21H25N3O3.ClH/c1-24(17-10-6-3-7-11-17)21(26)18(14-16-8-4-2-5-9-16)23-20(25)19-15-22-12-13-27-19;/h2-11,18-19,22H,12-15H2,1H3,(H,23,25);1H/t18-,19?;/m0./s1. The molecular weight excluding hydrogens is 378 g/mol. The number of nitrogens with zero attached hydrogens (tertiary/aromatic N) is 1. The third-order valence-electron chi connectivity index (χ3n) is 4.59. The van der Waals surface area contributed by atoms with Crippen molar-refractivity contribution in [2.45, 2.75) is 18.6 Å². The number of nitrogens with one attached hydrogen (secondary N) is 2. The Morgan fingerprint density at radius 1 is 1.14 bits per heavy atom. The van der Waals surface area contributed by atoms with Crippen LogP contribution in [0.2, 0.25) is 0 Å². The van der Waals surface area contributed by atoms with E-state index in [-0.39, 0.29) is 24.2 Å². The topological polar surface area (TPSA) is 70.7 Å². The van der Waals surface area contributed by atoms with Crippen LogP contribution in [0.3, 0.4) is 0 Å². The van der Waals surface area contributed by atoms with E-state index in [9.17, 15) is 9.59 Å². The number of ether oxygens (including phenoxy) is 1. The third-order valence-corrected chi connectivity index (χ3v) is 4.59. The second-order valence-corrected chi connectivity index (χ2v) is 6.55. The number of rotatable bonds is 6. The number of benzene rings is 2. The molecule has 1 heterocycles. The van der Waals surface area contributed by atoms with Gasteiger partial charge in [0.15, 0.2) is 0 Å². The smallest absolute Gasteiger partial charge is 0.251 e. The molecule has 6 nitrogen and oxygen atoms in total. The van der Waals surface area contributed by atoms with E-state index in [1.165, 1.54) is 0 Å². The number of para-hydroxylation sites is 1. The number of carbonyl (C=O) groups is 2. The zero-order chi connectivity index (χ0) is 19.1. The maximum Gasteiger partial charge on any atom is 0.251 e. The number of hydrogen-bond donors (Lipinski definition) is 2. The van der Waals surface area contributed by atoms with Gasteiger partial charge in [-0.25, -0.2) is 0 Å². The van der Waals surface area contributed by atoms with Gasteiger partial charge in [0.1, 0.15) is 12.1 Å². The van der Waals surface area contributed by atoms with Crippen LogP contribution in [0.1, 0.15) is 5.56 Å². The van der Waals surface area contributed by atoms with E-state index < -0.39 is 12.1 Å². The van der Waals surface area contributed by atoms with Gasteiger partial charge >= 0.3 is 0 Å². The van der Waals surface area contributed by atoms with Crippen LogP contribution < -0.4 is 15.5 Å². The summed E-state index contributed by atoms with van der Waals surface area (Å²) in [4.78, 5) is 27.3. The number of anilines is 1. The number of halogens is 1. The summed E-state index contributed by atoms with van der Waals surface area (Å²) in [7, 11) is 1.72. The van der Waals surface area contributed by atoms with E-state index >= 15 is 0 Å².